The smallest absolute Gasteiger partial charge is 0.332 e. The summed E-state index contributed by atoms with van der Waals surface area (Å²) in [6.07, 6.45) is 3.07. The van der Waals surface area contributed by atoms with Gasteiger partial charge in [-0.25, -0.2) is 9.78 Å². The highest BCUT2D eigenvalue weighted by atomic mass is 16.3. The van der Waals surface area contributed by atoms with Crippen LogP contribution < -0.4 is 16.6 Å². The Morgan fingerprint density at radius 2 is 1.86 bits per heavy atom. The zero-order valence-electron chi connectivity index (χ0n) is 15.9. The van der Waals surface area contributed by atoms with Crippen LogP contribution in [0.5, 0.6) is 5.75 Å². The molecule has 0 unspecified atom stereocenters. The van der Waals surface area contributed by atoms with Gasteiger partial charge in [-0.2, -0.15) is 0 Å². The number of benzene rings is 1. The second-order valence-corrected chi connectivity index (χ2v) is 6.69. The van der Waals surface area contributed by atoms with Gasteiger partial charge in [0.25, 0.3) is 5.56 Å². The summed E-state index contributed by atoms with van der Waals surface area (Å²) in [5, 5.41) is 12.1. The Kier molecular flexibility index (Phi) is 5.62. The molecule has 2 N–H and O–H groups in total. The van der Waals surface area contributed by atoms with Crippen LogP contribution in [0.4, 0.5) is 0 Å². The van der Waals surface area contributed by atoms with Gasteiger partial charge in [0.2, 0.25) is 5.91 Å². The maximum atomic E-state index is 12.4. The molecule has 0 saturated carbocycles. The molecule has 1 aromatic carbocycles. The minimum absolute atomic E-state index is 0.0662. The number of phenols is 1. The molecule has 0 aliphatic carbocycles. The molecule has 0 bridgehead atoms. The maximum absolute atomic E-state index is 12.4. The van der Waals surface area contributed by atoms with Crippen molar-refractivity contribution < 1.29 is 9.90 Å². The number of nitrogens with one attached hydrogen (secondary N) is 1. The van der Waals surface area contributed by atoms with Crippen LogP contribution in [0.1, 0.15) is 18.4 Å². The molecule has 0 aliphatic heterocycles. The number of imidazole rings is 1. The standard InChI is InChI=1S/C19H23N5O4/c1-22-17-16(18(27)23(2)19(22)28)24(12-21-17)11-3-4-15(26)20-10-9-13-5-7-14(25)8-6-13/h5-8,12,25H,3-4,9-11H2,1-2H3,(H,20,26). The average Bonchev–Trinajstić information content (AvgIpc) is 3.10. The van der Waals surface area contributed by atoms with E-state index in [0.717, 1.165) is 10.1 Å². The van der Waals surface area contributed by atoms with Crippen LogP contribution >= 0.6 is 0 Å². The fourth-order valence-electron chi connectivity index (χ4n) is 3.07. The van der Waals surface area contributed by atoms with Crippen molar-refractivity contribution in [1.29, 1.82) is 0 Å². The number of hydrogen-bond donors (Lipinski definition) is 2. The van der Waals surface area contributed by atoms with E-state index < -0.39 is 11.2 Å². The third kappa shape index (κ3) is 3.98. The molecular weight excluding hydrogens is 362 g/mol. The van der Waals surface area contributed by atoms with E-state index in [1.807, 2.05) is 12.1 Å². The predicted octanol–water partition coefficient (Wildman–Crippen LogP) is 0.278. The Labute approximate surface area is 160 Å². The molecule has 3 aromatic rings. The highest BCUT2D eigenvalue weighted by Crippen LogP contribution is 2.10. The fraction of sp³-hybridized carbons (Fsp3) is 0.368. The fourth-order valence-corrected chi connectivity index (χ4v) is 3.07. The molecule has 2 heterocycles. The van der Waals surface area contributed by atoms with Gasteiger partial charge in [-0.1, -0.05) is 12.1 Å². The van der Waals surface area contributed by atoms with Crippen LogP contribution in [-0.2, 0) is 31.9 Å². The van der Waals surface area contributed by atoms with E-state index in [1.165, 1.54) is 17.9 Å². The number of aryl methyl sites for hydroxylation is 2. The number of rotatable bonds is 7. The van der Waals surface area contributed by atoms with Crippen LogP contribution in [0.25, 0.3) is 11.2 Å². The maximum Gasteiger partial charge on any atom is 0.332 e. The van der Waals surface area contributed by atoms with E-state index in [1.54, 1.807) is 23.7 Å². The van der Waals surface area contributed by atoms with Gasteiger partial charge in [0.15, 0.2) is 11.2 Å². The molecule has 0 radical (unpaired) electrons. The van der Waals surface area contributed by atoms with Crippen molar-refractivity contribution in [1.82, 2.24) is 24.0 Å². The van der Waals surface area contributed by atoms with E-state index in [4.69, 9.17) is 0 Å². The Morgan fingerprint density at radius 1 is 1.14 bits per heavy atom. The Morgan fingerprint density at radius 3 is 2.57 bits per heavy atom. The lowest BCUT2D eigenvalue weighted by atomic mass is 10.1. The summed E-state index contributed by atoms with van der Waals surface area (Å²) in [5.41, 5.74) is 0.915. The van der Waals surface area contributed by atoms with E-state index in [9.17, 15) is 19.5 Å². The highest BCUT2D eigenvalue weighted by molar-refractivity contribution is 5.75. The first-order valence-electron chi connectivity index (χ1n) is 9.04. The second-order valence-electron chi connectivity index (χ2n) is 6.69. The van der Waals surface area contributed by atoms with E-state index in [-0.39, 0.29) is 11.7 Å². The number of amides is 1. The first kappa shape index (κ1) is 19.4. The number of nitrogens with zero attached hydrogens (tertiary/aromatic N) is 4. The van der Waals surface area contributed by atoms with Crippen LogP contribution in [-0.4, -0.2) is 36.2 Å². The Hall–Kier alpha value is -3.36. The van der Waals surface area contributed by atoms with Crippen molar-refractivity contribution >= 4 is 17.1 Å². The summed E-state index contributed by atoms with van der Waals surface area (Å²) in [7, 11) is 3.01. The number of hydrogen-bond acceptors (Lipinski definition) is 5. The SMILES string of the molecule is Cn1c(=O)c2c(ncn2CCCC(=O)NCCc2ccc(O)cc2)n(C)c1=O. The lowest BCUT2D eigenvalue weighted by Gasteiger charge is -2.08. The van der Waals surface area contributed by atoms with E-state index in [2.05, 4.69) is 10.3 Å². The monoisotopic (exact) mass is 385 g/mol. The minimum Gasteiger partial charge on any atom is -0.508 e. The van der Waals surface area contributed by atoms with Gasteiger partial charge >= 0.3 is 5.69 Å². The molecule has 0 aliphatic rings. The molecule has 0 fully saturated rings. The molecule has 0 spiro atoms. The molecule has 9 nitrogen and oxygen atoms in total. The number of aromatic hydroxyl groups is 1. The van der Waals surface area contributed by atoms with Crippen LogP contribution in [0.3, 0.4) is 0 Å². The summed E-state index contributed by atoms with van der Waals surface area (Å²) in [4.78, 5) is 40.5. The third-order valence-electron chi connectivity index (χ3n) is 4.69. The van der Waals surface area contributed by atoms with E-state index >= 15 is 0 Å². The third-order valence-corrected chi connectivity index (χ3v) is 4.69. The summed E-state index contributed by atoms with van der Waals surface area (Å²) >= 11 is 0. The van der Waals surface area contributed by atoms with Crippen LogP contribution in [0.15, 0.2) is 40.2 Å². The zero-order valence-corrected chi connectivity index (χ0v) is 15.9. The molecule has 9 heteroatoms. The van der Waals surface area contributed by atoms with Gasteiger partial charge in [0.1, 0.15) is 5.75 Å². The van der Waals surface area contributed by atoms with E-state index in [0.29, 0.717) is 43.5 Å². The first-order valence-corrected chi connectivity index (χ1v) is 9.04. The Balaban J connectivity index is 1.53. The number of aromatic nitrogens is 4. The summed E-state index contributed by atoms with van der Waals surface area (Å²) in [6, 6.07) is 6.87. The van der Waals surface area contributed by atoms with Crippen molar-refractivity contribution in [2.24, 2.45) is 14.1 Å². The van der Waals surface area contributed by atoms with Gasteiger partial charge in [-0.3, -0.25) is 18.7 Å². The van der Waals surface area contributed by atoms with Crippen molar-refractivity contribution in [3.05, 3.63) is 57.0 Å². The van der Waals surface area contributed by atoms with Crippen molar-refractivity contribution in [2.45, 2.75) is 25.8 Å². The van der Waals surface area contributed by atoms with Crippen molar-refractivity contribution in [3.8, 4) is 5.75 Å². The van der Waals surface area contributed by atoms with Gasteiger partial charge in [0.05, 0.1) is 6.33 Å². The predicted molar refractivity (Wildman–Crippen MR) is 104 cm³/mol. The summed E-state index contributed by atoms with van der Waals surface area (Å²) in [5.74, 6) is 0.151. The minimum atomic E-state index is -0.421. The second kappa shape index (κ2) is 8.12. The normalized spacial score (nSPS) is 11.1. The first-order chi connectivity index (χ1) is 13.4. The molecule has 148 valence electrons. The van der Waals surface area contributed by atoms with Gasteiger partial charge in [-0.15, -0.1) is 0 Å². The van der Waals surface area contributed by atoms with Crippen LogP contribution in [0, 0.1) is 0 Å². The highest BCUT2D eigenvalue weighted by Gasteiger charge is 2.14. The largest absolute Gasteiger partial charge is 0.508 e. The quantitative estimate of drug-likeness (QED) is 0.607. The number of fused-ring (bicyclic) bond motifs is 1. The number of carbonyl (C=O) groups excluding carboxylic acids is 1. The molecule has 0 atom stereocenters. The molecule has 28 heavy (non-hydrogen) atoms. The lowest BCUT2D eigenvalue weighted by molar-refractivity contribution is -0.121. The van der Waals surface area contributed by atoms with Gasteiger partial charge < -0.3 is 15.0 Å². The molecule has 0 saturated heterocycles. The number of carbonyl (C=O) groups is 1. The average molecular weight is 385 g/mol. The Bertz CT molecular complexity index is 1110. The molecule has 3 rings (SSSR count). The lowest BCUT2D eigenvalue weighted by Crippen LogP contribution is -2.37. The van der Waals surface area contributed by atoms with Crippen molar-refractivity contribution in [2.75, 3.05) is 6.54 Å². The number of phenolic OH excluding ortho intramolecular Hbond substituents is 1. The summed E-state index contributed by atoms with van der Waals surface area (Å²) < 4.78 is 4.07. The topological polar surface area (TPSA) is 111 Å². The molecular formula is C19H23N5O4. The van der Waals surface area contributed by atoms with Crippen LogP contribution in [0.2, 0.25) is 0 Å². The summed E-state index contributed by atoms with van der Waals surface area (Å²) in [6.45, 7) is 0.968. The van der Waals surface area contributed by atoms with Gasteiger partial charge in [0, 0.05) is 33.6 Å². The molecule has 2 aromatic heterocycles. The van der Waals surface area contributed by atoms with Crippen molar-refractivity contribution in [3.63, 3.8) is 0 Å². The zero-order chi connectivity index (χ0) is 20.3. The van der Waals surface area contributed by atoms with Gasteiger partial charge in [-0.05, 0) is 30.5 Å². The molecule has 1 amide bonds.